The van der Waals surface area contributed by atoms with Crippen molar-refractivity contribution in [2.24, 2.45) is 0 Å². The summed E-state index contributed by atoms with van der Waals surface area (Å²) in [4.78, 5) is 6.60. The molecule has 6 heteroatoms. The molecule has 1 aromatic heterocycles. The van der Waals surface area contributed by atoms with Crippen molar-refractivity contribution < 1.29 is 9.63 Å². The molecule has 26 heavy (non-hydrogen) atoms. The second-order valence-corrected chi connectivity index (χ2v) is 6.55. The fraction of sp³-hybridized carbons (Fsp3) is 0.300. The van der Waals surface area contributed by atoms with Crippen LogP contribution in [0.5, 0.6) is 0 Å². The number of nitrogens with zero attached hydrogens (tertiary/aromatic N) is 3. The first-order valence-electron chi connectivity index (χ1n) is 8.72. The second-order valence-electron chi connectivity index (χ2n) is 6.12. The number of benzene rings is 2. The molecular formula is C20H22ClN3O2. The molecule has 2 aromatic carbocycles. The molecule has 1 heterocycles. The monoisotopic (exact) mass is 371 g/mol. The van der Waals surface area contributed by atoms with E-state index in [0.29, 0.717) is 42.7 Å². The Morgan fingerprint density at radius 2 is 1.96 bits per heavy atom. The number of anilines is 1. The zero-order chi connectivity index (χ0) is 18.4. The van der Waals surface area contributed by atoms with Crippen molar-refractivity contribution in [1.82, 2.24) is 10.1 Å². The average Bonchev–Trinajstić information content (AvgIpc) is 3.14. The highest BCUT2D eigenvalue weighted by Crippen LogP contribution is 2.20. The number of hydrogen-bond acceptors (Lipinski definition) is 5. The third-order valence-electron chi connectivity index (χ3n) is 4.17. The van der Waals surface area contributed by atoms with Crippen molar-refractivity contribution >= 4 is 17.3 Å². The van der Waals surface area contributed by atoms with Gasteiger partial charge < -0.3 is 14.5 Å². The average molecular weight is 372 g/mol. The van der Waals surface area contributed by atoms with Crippen LogP contribution in [0.2, 0.25) is 5.02 Å². The minimum atomic E-state index is -0.375. The van der Waals surface area contributed by atoms with Gasteiger partial charge in [-0.25, -0.2) is 0 Å². The van der Waals surface area contributed by atoms with Gasteiger partial charge in [-0.1, -0.05) is 54.0 Å². The van der Waals surface area contributed by atoms with E-state index in [1.54, 1.807) is 0 Å². The molecule has 0 aliphatic rings. The van der Waals surface area contributed by atoms with Crippen molar-refractivity contribution in [1.29, 1.82) is 0 Å². The van der Waals surface area contributed by atoms with Crippen molar-refractivity contribution in [2.45, 2.75) is 25.9 Å². The maximum absolute atomic E-state index is 10.1. The second kappa shape index (κ2) is 8.83. The smallest absolute Gasteiger partial charge is 0.228 e. The van der Waals surface area contributed by atoms with Crippen molar-refractivity contribution in [3.8, 4) is 11.4 Å². The van der Waals surface area contributed by atoms with E-state index >= 15 is 0 Å². The van der Waals surface area contributed by atoms with Crippen molar-refractivity contribution in [3.05, 3.63) is 65.5 Å². The number of aliphatic hydroxyl groups excluding tert-OH is 1. The molecular weight excluding hydrogens is 350 g/mol. The SMILES string of the molecule is CCC(O)CN(CCc1nc(-c2cccc(Cl)c2)no1)c1ccccc1. The molecule has 0 fully saturated rings. The van der Waals surface area contributed by atoms with Gasteiger partial charge in [-0.05, 0) is 30.7 Å². The number of para-hydroxylation sites is 1. The molecule has 1 unspecified atom stereocenters. The van der Waals surface area contributed by atoms with Gasteiger partial charge in [0.05, 0.1) is 6.10 Å². The molecule has 0 aliphatic heterocycles. The normalized spacial score (nSPS) is 12.1. The number of aliphatic hydroxyl groups is 1. The number of hydrogen-bond donors (Lipinski definition) is 1. The van der Waals surface area contributed by atoms with Crippen LogP contribution in [0.3, 0.4) is 0 Å². The molecule has 1 atom stereocenters. The maximum atomic E-state index is 10.1. The summed E-state index contributed by atoms with van der Waals surface area (Å²) in [5.74, 6) is 1.09. The molecule has 0 amide bonds. The standard InChI is InChI=1S/C20H22ClN3O2/c1-2-18(25)14-24(17-9-4-3-5-10-17)12-11-19-22-20(23-26-19)15-7-6-8-16(21)13-15/h3-10,13,18,25H,2,11-12,14H2,1H3. The van der Waals surface area contributed by atoms with Crippen LogP contribution in [0.15, 0.2) is 59.1 Å². The van der Waals surface area contributed by atoms with Gasteiger partial charge in [0.1, 0.15) is 0 Å². The molecule has 0 saturated carbocycles. The van der Waals surface area contributed by atoms with Gasteiger partial charge in [0, 0.05) is 35.8 Å². The first-order chi connectivity index (χ1) is 12.7. The van der Waals surface area contributed by atoms with Gasteiger partial charge in [0.25, 0.3) is 0 Å². The zero-order valence-corrected chi connectivity index (χ0v) is 15.4. The molecule has 136 valence electrons. The van der Waals surface area contributed by atoms with E-state index in [2.05, 4.69) is 15.0 Å². The van der Waals surface area contributed by atoms with Gasteiger partial charge in [-0.15, -0.1) is 0 Å². The Kier molecular flexibility index (Phi) is 6.26. The molecule has 0 saturated heterocycles. The Bertz CT molecular complexity index is 823. The van der Waals surface area contributed by atoms with E-state index in [1.165, 1.54) is 0 Å². The van der Waals surface area contributed by atoms with Crippen LogP contribution < -0.4 is 4.90 Å². The van der Waals surface area contributed by atoms with E-state index in [0.717, 1.165) is 11.3 Å². The summed E-state index contributed by atoms with van der Waals surface area (Å²) in [6, 6.07) is 17.4. The summed E-state index contributed by atoms with van der Waals surface area (Å²) < 4.78 is 5.38. The first kappa shape index (κ1) is 18.4. The summed E-state index contributed by atoms with van der Waals surface area (Å²) >= 11 is 6.02. The molecule has 0 spiro atoms. The Labute approximate surface area is 158 Å². The van der Waals surface area contributed by atoms with Gasteiger partial charge in [0.15, 0.2) is 0 Å². The minimum Gasteiger partial charge on any atom is -0.391 e. The van der Waals surface area contributed by atoms with Crippen LogP contribution in [-0.4, -0.2) is 34.4 Å². The van der Waals surface area contributed by atoms with Crippen LogP contribution in [0.1, 0.15) is 19.2 Å². The van der Waals surface area contributed by atoms with Gasteiger partial charge >= 0.3 is 0 Å². The first-order valence-corrected chi connectivity index (χ1v) is 9.10. The predicted molar refractivity (Wildman–Crippen MR) is 103 cm³/mol. The van der Waals surface area contributed by atoms with Crippen LogP contribution in [0, 0.1) is 0 Å². The summed E-state index contributed by atoms with van der Waals surface area (Å²) in [7, 11) is 0. The summed E-state index contributed by atoms with van der Waals surface area (Å²) in [6.07, 6.45) is 0.932. The third-order valence-corrected chi connectivity index (χ3v) is 4.41. The number of rotatable bonds is 8. The lowest BCUT2D eigenvalue weighted by molar-refractivity contribution is 0.175. The lowest BCUT2D eigenvalue weighted by Crippen LogP contribution is -2.33. The van der Waals surface area contributed by atoms with E-state index in [1.807, 2.05) is 61.5 Å². The lowest BCUT2D eigenvalue weighted by Gasteiger charge is -2.26. The summed E-state index contributed by atoms with van der Waals surface area (Å²) in [6.45, 7) is 3.22. The topological polar surface area (TPSA) is 62.4 Å². The summed E-state index contributed by atoms with van der Waals surface area (Å²) in [5.41, 5.74) is 1.89. The van der Waals surface area contributed by atoms with E-state index in [-0.39, 0.29) is 6.10 Å². The largest absolute Gasteiger partial charge is 0.391 e. The maximum Gasteiger partial charge on any atom is 0.228 e. The van der Waals surface area contributed by atoms with E-state index in [4.69, 9.17) is 16.1 Å². The number of halogens is 1. The highest BCUT2D eigenvalue weighted by Gasteiger charge is 2.14. The fourth-order valence-electron chi connectivity index (χ4n) is 2.68. The highest BCUT2D eigenvalue weighted by atomic mass is 35.5. The highest BCUT2D eigenvalue weighted by molar-refractivity contribution is 6.30. The summed E-state index contributed by atoms with van der Waals surface area (Å²) in [5, 5.41) is 14.7. The van der Waals surface area contributed by atoms with Crippen molar-refractivity contribution in [2.75, 3.05) is 18.0 Å². The predicted octanol–water partition coefficient (Wildman–Crippen LogP) is 4.21. The fourth-order valence-corrected chi connectivity index (χ4v) is 2.87. The zero-order valence-electron chi connectivity index (χ0n) is 14.7. The van der Waals surface area contributed by atoms with Gasteiger partial charge in [-0.2, -0.15) is 4.98 Å². The van der Waals surface area contributed by atoms with Crippen LogP contribution in [0.4, 0.5) is 5.69 Å². The lowest BCUT2D eigenvalue weighted by atomic mass is 10.2. The minimum absolute atomic E-state index is 0.375. The van der Waals surface area contributed by atoms with E-state index in [9.17, 15) is 5.11 Å². The van der Waals surface area contributed by atoms with Crippen LogP contribution in [-0.2, 0) is 6.42 Å². The Morgan fingerprint density at radius 1 is 1.15 bits per heavy atom. The Balaban J connectivity index is 1.69. The molecule has 3 rings (SSSR count). The van der Waals surface area contributed by atoms with Crippen LogP contribution in [0.25, 0.3) is 11.4 Å². The van der Waals surface area contributed by atoms with Gasteiger partial charge in [0.2, 0.25) is 11.7 Å². The van der Waals surface area contributed by atoms with Gasteiger partial charge in [-0.3, -0.25) is 0 Å². The Morgan fingerprint density at radius 3 is 2.69 bits per heavy atom. The quantitative estimate of drug-likeness (QED) is 0.642. The van der Waals surface area contributed by atoms with E-state index < -0.39 is 0 Å². The molecule has 5 nitrogen and oxygen atoms in total. The molecule has 0 bridgehead atoms. The molecule has 0 radical (unpaired) electrons. The molecule has 3 aromatic rings. The van der Waals surface area contributed by atoms with Crippen LogP contribution >= 0.6 is 11.6 Å². The number of aromatic nitrogens is 2. The molecule has 0 aliphatic carbocycles. The van der Waals surface area contributed by atoms with Crippen molar-refractivity contribution in [3.63, 3.8) is 0 Å². The molecule has 1 N–H and O–H groups in total. The Hall–Kier alpha value is -2.37. The third kappa shape index (κ3) is 4.84.